The van der Waals surface area contributed by atoms with Gasteiger partial charge in [0.25, 0.3) is 10.2 Å². The number of hydrogen-bond donors (Lipinski definition) is 2. The Morgan fingerprint density at radius 1 is 1.12 bits per heavy atom. The minimum Gasteiger partial charge on any atom is -0.351 e. The van der Waals surface area contributed by atoms with E-state index in [1.54, 1.807) is 7.05 Å². The van der Waals surface area contributed by atoms with Crippen LogP contribution in [0.1, 0.15) is 32.1 Å². The van der Waals surface area contributed by atoms with Crippen LogP contribution in [0.2, 0.25) is 0 Å². The molecule has 0 bridgehead atoms. The fourth-order valence-corrected chi connectivity index (χ4v) is 4.89. The molecule has 1 saturated heterocycles. The van der Waals surface area contributed by atoms with Crippen LogP contribution >= 0.6 is 0 Å². The normalized spacial score (nSPS) is 21.8. The second-order valence-corrected chi connectivity index (χ2v) is 8.39. The van der Waals surface area contributed by atoms with Gasteiger partial charge in [-0.15, -0.1) is 0 Å². The van der Waals surface area contributed by atoms with Gasteiger partial charge in [0.15, 0.2) is 0 Å². The molecule has 2 rings (SSSR count). The maximum absolute atomic E-state index is 12.8. The van der Waals surface area contributed by atoms with Gasteiger partial charge < -0.3 is 5.73 Å². The van der Waals surface area contributed by atoms with Crippen molar-refractivity contribution in [3.05, 3.63) is 0 Å². The molecule has 0 aromatic rings. The van der Waals surface area contributed by atoms with Gasteiger partial charge >= 0.3 is 6.03 Å². The van der Waals surface area contributed by atoms with Crippen LogP contribution in [0.15, 0.2) is 0 Å². The van der Waals surface area contributed by atoms with Crippen molar-refractivity contribution in [1.82, 2.24) is 18.8 Å². The molecule has 0 spiro atoms. The van der Waals surface area contributed by atoms with E-state index in [4.69, 9.17) is 5.73 Å². The Bertz CT molecular complexity index is 554. The fourth-order valence-electron chi connectivity index (χ4n) is 3.31. The molecule has 1 heterocycles. The zero-order chi connectivity index (χ0) is 17.7. The van der Waals surface area contributed by atoms with E-state index in [-0.39, 0.29) is 12.6 Å². The van der Waals surface area contributed by atoms with E-state index in [0.29, 0.717) is 26.2 Å². The SMILES string of the molecule is CN(C1CCCCC1)S(=O)(=O)N1CCN(CC(=O)NC(N)=O)CC1. The molecule has 1 aliphatic carbocycles. The first-order chi connectivity index (χ1) is 11.3. The number of urea groups is 1. The number of hydrogen-bond acceptors (Lipinski definition) is 5. The molecule has 138 valence electrons. The number of primary amides is 1. The Balaban J connectivity index is 1.86. The lowest BCUT2D eigenvalue weighted by atomic mass is 9.96. The molecule has 2 aliphatic rings. The van der Waals surface area contributed by atoms with E-state index in [1.807, 2.05) is 10.2 Å². The highest BCUT2D eigenvalue weighted by Crippen LogP contribution is 2.25. The molecule has 0 aromatic heterocycles. The van der Waals surface area contributed by atoms with Gasteiger partial charge in [-0.25, -0.2) is 4.79 Å². The van der Waals surface area contributed by atoms with Crippen molar-refractivity contribution < 1.29 is 18.0 Å². The first-order valence-corrected chi connectivity index (χ1v) is 9.75. The third-order valence-electron chi connectivity index (χ3n) is 4.74. The number of nitrogens with two attached hydrogens (primary N) is 1. The average Bonchev–Trinajstić information content (AvgIpc) is 2.54. The Labute approximate surface area is 143 Å². The van der Waals surface area contributed by atoms with Crippen LogP contribution in [0.25, 0.3) is 0 Å². The molecule has 9 nitrogen and oxygen atoms in total. The fraction of sp³-hybridized carbons (Fsp3) is 0.857. The van der Waals surface area contributed by atoms with Crippen LogP contribution in [0.4, 0.5) is 4.79 Å². The van der Waals surface area contributed by atoms with Gasteiger partial charge in [-0.3, -0.25) is 15.0 Å². The Morgan fingerprint density at radius 2 is 1.71 bits per heavy atom. The zero-order valence-corrected chi connectivity index (χ0v) is 14.9. The molecule has 1 aliphatic heterocycles. The largest absolute Gasteiger partial charge is 0.351 e. The van der Waals surface area contributed by atoms with Gasteiger partial charge in [-0.1, -0.05) is 19.3 Å². The summed E-state index contributed by atoms with van der Waals surface area (Å²) >= 11 is 0. The molecule has 1 saturated carbocycles. The van der Waals surface area contributed by atoms with Crippen molar-refractivity contribution in [2.45, 2.75) is 38.1 Å². The van der Waals surface area contributed by atoms with Gasteiger partial charge in [0.05, 0.1) is 6.54 Å². The molecular formula is C14H27N5O4S. The minimum absolute atomic E-state index is 0.0370. The lowest BCUT2D eigenvalue weighted by Crippen LogP contribution is -2.55. The van der Waals surface area contributed by atoms with Crippen molar-refractivity contribution in [2.75, 3.05) is 39.8 Å². The number of nitrogens with one attached hydrogen (secondary N) is 1. The summed E-state index contributed by atoms with van der Waals surface area (Å²) in [5.41, 5.74) is 4.90. The van der Waals surface area contributed by atoms with E-state index in [0.717, 1.165) is 25.7 Å². The summed E-state index contributed by atoms with van der Waals surface area (Å²) in [4.78, 5) is 24.0. The highest BCUT2D eigenvalue weighted by molar-refractivity contribution is 7.86. The Kier molecular flexibility index (Phi) is 6.55. The summed E-state index contributed by atoms with van der Waals surface area (Å²) < 4.78 is 28.5. The quantitative estimate of drug-likeness (QED) is 0.672. The molecule has 24 heavy (non-hydrogen) atoms. The number of amides is 3. The first-order valence-electron chi connectivity index (χ1n) is 8.35. The molecule has 0 atom stereocenters. The lowest BCUT2D eigenvalue weighted by molar-refractivity contribution is -0.121. The molecule has 0 aromatic carbocycles. The maximum Gasteiger partial charge on any atom is 0.318 e. The van der Waals surface area contributed by atoms with Gasteiger partial charge in [-0.2, -0.15) is 17.0 Å². The second-order valence-electron chi connectivity index (χ2n) is 6.40. The summed E-state index contributed by atoms with van der Waals surface area (Å²) in [5, 5.41) is 2.01. The second kappa shape index (κ2) is 8.24. The van der Waals surface area contributed by atoms with Gasteiger partial charge in [0.1, 0.15) is 0 Å². The zero-order valence-electron chi connectivity index (χ0n) is 14.1. The van der Waals surface area contributed by atoms with Crippen molar-refractivity contribution in [3.63, 3.8) is 0 Å². The van der Waals surface area contributed by atoms with E-state index in [1.165, 1.54) is 15.0 Å². The summed E-state index contributed by atoms with van der Waals surface area (Å²) in [5.74, 6) is -0.474. The summed E-state index contributed by atoms with van der Waals surface area (Å²) in [7, 11) is -1.80. The van der Waals surface area contributed by atoms with Gasteiger partial charge in [-0.05, 0) is 12.8 Å². The van der Waals surface area contributed by atoms with Crippen LogP contribution < -0.4 is 11.1 Å². The number of nitrogens with zero attached hydrogens (tertiary/aromatic N) is 3. The van der Waals surface area contributed by atoms with Gasteiger partial charge in [0, 0.05) is 39.3 Å². The summed E-state index contributed by atoms with van der Waals surface area (Å²) in [6.07, 6.45) is 5.17. The number of piperazine rings is 1. The predicted molar refractivity (Wildman–Crippen MR) is 89.3 cm³/mol. The van der Waals surface area contributed by atoms with Crippen LogP contribution in [-0.2, 0) is 15.0 Å². The van der Waals surface area contributed by atoms with Gasteiger partial charge in [0.2, 0.25) is 5.91 Å². The standard InChI is InChI=1S/C14H27N5O4S/c1-17(12-5-3-2-4-6-12)24(22,23)19-9-7-18(8-10-19)11-13(20)16-14(15)21/h12H,2-11H2,1H3,(H3,15,16,20,21). The molecule has 0 radical (unpaired) electrons. The molecular weight excluding hydrogens is 334 g/mol. The van der Waals surface area contributed by atoms with Crippen molar-refractivity contribution >= 4 is 22.1 Å². The van der Waals surface area contributed by atoms with E-state index >= 15 is 0 Å². The van der Waals surface area contributed by atoms with E-state index < -0.39 is 22.1 Å². The Hall–Kier alpha value is -1.23. The van der Waals surface area contributed by atoms with Crippen molar-refractivity contribution in [3.8, 4) is 0 Å². The molecule has 2 fully saturated rings. The molecule has 0 unspecified atom stereocenters. The van der Waals surface area contributed by atoms with Crippen molar-refractivity contribution in [2.24, 2.45) is 5.73 Å². The molecule has 3 N–H and O–H groups in total. The topological polar surface area (TPSA) is 116 Å². The minimum atomic E-state index is -3.47. The number of carbonyl (C=O) groups is 2. The van der Waals surface area contributed by atoms with Crippen LogP contribution in [0.5, 0.6) is 0 Å². The maximum atomic E-state index is 12.8. The van der Waals surface area contributed by atoms with Crippen LogP contribution in [-0.4, -0.2) is 79.7 Å². The van der Waals surface area contributed by atoms with Crippen LogP contribution in [0, 0.1) is 0 Å². The van der Waals surface area contributed by atoms with Crippen molar-refractivity contribution in [1.29, 1.82) is 0 Å². The monoisotopic (exact) mass is 361 g/mol. The Morgan fingerprint density at radius 3 is 2.25 bits per heavy atom. The number of rotatable bonds is 5. The van der Waals surface area contributed by atoms with E-state index in [2.05, 4.69) is 0 Å². The molecule has 10 heteroatoms. The third kappa shape index (κ3) is 4.88. The highest BCUT2D eigenvalue weighted by Gasteiger charge is 2.34. The average molecular weight is 361 g/mol. The number of imide groups is 1. The summed E-state index contributed by atoms with van der Waals surface area (Å²) in [6, 6.07) is -0.793. The smallest absolute Gasteiger partial charge is 0.318 e. The van der Waals surface area contributed by atoms with Crippen LogP contribution in [0.3, 0.4) is 0 Å². The lowest BCUT2D eigenvalue weighted by Gasteiger charge is -2.38. The van der Waals surface area contributed by atoms with E-state index in [9.17, 15) is 18.0 Å². The summed E-state index contributed by atoms with van der Waals surface area (Å²) in [6.45, 7) is 1.61. The predicted octanol–water partition coefficient (Wildman–Crippen LogP) is -0.692. The highest BCUT2D eigenvalue weighted by atomic mass is 32.2. The third-order valence-corrected chi connectivity index (χ3v) is 6.78. The number of carbonyl (C=O) groups excluding carboxylic acids is 2. The first kappa shape index (κ1) is 19.1. The molecule has 3 amide bonds.